The summed E-state index contributed by atoms with van der Waals surface area (Å²) in [6.45, 7) is 4.94. The third-order valence-electron chi connectivity index (χ3n) is 4.00. The second-order valence-electron chi connectivity index (χ2n) is 5.75. The van der Waals surface area contributed by atoms with E-state index in [4.69, 9.17) is 14.2 Å². The topological polar surface area (TPSA) is 56.8 Å². The lowest BCUT2D eigenvalue weighted by molar-refractivity contribution is -0.153. The Hall–Kier alpha value is -0.650. The monoisotopic (exact) mass is 273 g/mol. The summed E-state index contributed by atoms with van der Waals surface area (Å²) in [4.78, 5) is 12.0. The smallest absolute Gasteiger partial charge is 0.328 e. The molecule has 0 heterocycles. The number of rotatable bonds is 9. The summed E-state index contributed by atoms with van der Waals surface area (Å²) >= 11 is 0. The van der Waals surface area contributed by atoms with E-state index in [2.05, 4.69) is 5.32 Å². The first-order valence-corrected chi connectivity index (χ1v) is 6.82. The second-order valence-corrected chi connectivity index (χ2v) is 5.75. The van der Waals surface area contributed by atoms with Crippen molar-refractivity contribution in [3.05, 3.63) is 0 Å². The number of likely N-dealkylation sites (N-methyl/N-ethyl adjacent to an activating group) is 1. The van der Waals surface area contributed by atoms with Crippen LogP contribution in [-0.2, 0) is 19.0 Å². The van der Waals surface area contributed by atoms with Gasteiger partial charge in [-0.15, -0.1) is 0 Å². The Balaban J connectivity index is 2.48. The van der Waals surface area contributed by atoms with Gasteiger partial charge in [0.1, 0.15) is 5.54 Å². The predicted octanol–water partition coefficient (Wildman–Crippen LogP) is 1.36. The molecule has 112 valence electrons. The summed E-state index contributed by atoms with van der Waals surface area (Å²) in [6.07, 6.45) is 2.88. The molecule has 0 bridgehead atoms. The fourth-order valence-corrected chi connectivity index (χ4v) is 2.13. The number of carbonyl (C=O) groups excluding carboxylic acids is 1. The molecule has 1 saturated carbocycles. The van der Waals surface area contributed by atoms with Gasteiger partial charge in [0.15, 0.2) is 0 Å². The van der Waals surface area contributed by atoms with Gasteiger partial charge in [0, 0.05) is 13.7 Å². The number of hydrogen-bond donors (Lipinski definition) is 1. The first-order valence-electron chi connectivity index (χ1n) is 6.82. The highest BCUT2D eigenvalue weighted by molar-refractivity contribution is 5.82. The van der Waals surface area contributed by atoms with E-state index in [1.807, 2.05) is 13.8 Å². The van der Waals surface area contributed by atoms with E-state index in [0.717, 1.165) is 19.3 Å². The van der Waals surface area contributed by atoms with E-state index in [-0.39, 0.29) is 11.6 Å². The molecule has 0 aromatic heterocycles. The summed E-state index contributed by atoms with van der Waals surface area (Å²) in [5, 5.41) is 3.11. The highest BCUT2D eigenvalue weighted by atomic mass is 16.5. The summed E-state index contributed by atoms with van der Waals surface area (Å²) < 4.78 is 16.0. The molecule has 0 aromatic rings. The molecule has 1 fully saturated rings. The lowest BCUT2D eigenvalue weighted by atomic mass is 9.94. The van der Waals surface area contributed by atoms with E-state index >= 15 is 0 Å². The predicted molar refractivity (Wildman–Crippen MR) is 73.1 cm³/mol. The van der Waals surface area contributed by atoms with Gasteiger partial charge >= 0.3 is 5.97 Å². The zero-order valence-electron chi connectivity index (χ0n) is 12.7. The van der Waals surface area contributed by atoms with Crippen LogP contribution in [-0.4, -0.2) is 51.6 Å². The Morgan fingerprint density at radius 2 is 1.95 bits per heavy atom. The van der Waals surface area contributed by atoms with Crippen LogP contribution in [0.2, 0.25) is 0 Å². The molecule has 19 heavy (non-hydrogen) atoms. The number of nitrogens with one attached hydrogen (secondary N) is 1. The van der Waals surface area contributed by atoms with Crippen molar-refractivity contribution < 1.29 is 19.0 Å². The van der Waals surface area contributed by atoms with Crippen LogP contribution in [0.4, 0.5) is 0 Å². The third-order valence-corrected chi connectivity index (χ3v) is 4.00. The van der Waals surface area contributed by atoms with Crippen LogP contribution in [0.3, 0.4) is 0 Å². The van der Waals surface area contributed by atoms with Gasteiger partial charge in [0.25, 0.3) is 0 Å². The third kappa shape index (κ3) is 4.16. The minimum Gasteiger partial charge on any atom is -0.468 e. The van der Waals surface area contributed by atoms with Crippen LogP contribution in [0.25, 0.3) is 0 Å². The van der Waals surface area contributed by atoms with Crippen molar-refractivity contribution in [2.45, 2.75) is 44.2 Å². The lowest BCUT2D eigenvalue weighted by Gasteiger charge is -2.31. The zero-order valence-corrected chi connectivity index (χ0v) is 12.7. The summed E-state index contributed by atoms with van der Waals surface area (Å²) in [7, 11) is 4.90. The number of methoxy groups -OCH3 is 2. The van der Waals surface area contributed by atoms with Crippen LogP contribution in [0.1, 0.15) is 33.1 Å². The quantitative estimate of drug-likeness (QED) is 0.508. The number of carbonyl (C=O) groups is 1. The van der Waals surface area contributed by atoms with Crippen molar-refractivity contribution in [1.29, 1.82) is 0 Å². The molecule has 1 aliphatic carbocycles. The maximum atomic E-state index is 12.0. The largest absolute Gasteiger partial charge is 0.468 e. The van der Waals surface area contributed by atoms with Crippen molar-refractivity contribution in [3.63, 3.8) is 0 Å². The van der Waals surface area contributed by atoms with Gasteiger partial charge in [-0.05, 0) is 46.1 Å². The average molecular weight is 273 g/mol. The van der Waals surface area contributed by atoms with Crippen molar-refractivity contribution in [3.8, 4) is 0 Å². The van der Waals surface area contributed by atoms with E-state index in [9.17, 15) is 4.79 Å². The fourth-order valence-electron chi connectivity index (χ4n) is 2.13. The SMILES string of the molecule is CNC(COCCC(C)(C)OC)(C(=O)OC)C1CC1. The van der Waals surface area contributed by atoms with Gasteiger partial charge in [0.05, 0.1) is 19.3 Å². The van der Waals surface area contributed by atoms with E-state index in [1.54, 1.807) is 14.2 Å². The molecular weight excluding hydrogens is 246 g/mol. The molecule has 0 amide bonds. The van der Waals surface area contributed by atoms with Crippen molar-refractivity contribution in [1.82, 2.24) is 5.32 Å². The Bertz CT molecular complexity index is 302. The van der Waals surface area contributed by atoms with Crippen LogP contribution in [0, 0.1) is 5.92 Å². The average Bonchev–Trinajstić information content (AvgIpc) is 3.23. The maximum Gasteiger partial charge on any atom is 0.328 e. The van der Waals surface area contributed by atoms with Gasteiger partial charge in [-0.3, -0.25) is 0 Å². The minimum atomic E-state index is -0.689. The van der Waals surface area contributed by atoms with Gasteiger partial charge in [0.2, 0.25) is 0 Å². The van der Waals surface area contributed by atoms with Crippen LogP contribution in [0.15, 0.2) is 0 Å². The molecular formula is C14H27NO4. The molecule has 1 aliphatic rings. The van der Waals surface area contributed by atoms with Gasteiger partial charge < -0.3 is 19.5 Å². The van der Waals surface area contributed by atoms with E-state index in [0.29, 0.717) is 19.1 Å². The highest BCUT2D eigenvalue weighted by Gasteiger charge is 2.51. The molecule has 1 unspecified atom stereocenters. The standard InChI is InChI=1S/C14H27NO4/c1-13(2,18-5)8-9-19-10-14(15-3,11-6-7-11)12(16)17-4/h11,15H,6-10H2,1-5H3. The van der Waals surface area contributed by atoms with Crippen molar-refractivity contribution in [2.75, 3.05) is 34.5 Å². The van der Waals surface area contributed by atoms with Gasteiger partial charge in [-0.25, -0.2) is 4.79 Å². The molecule has 0 aliphatic heterocycles. The molecule has 0 aromatic carbocycles. The highest BCUT2D eigenvalue weighted by Crippen LogP contribution is 2.40. The van der Waals surface area contributed by atoms with Crippen LogP contribution in [0.5, 0.6) is 0 Å². The van der Waals surface area contributed by atoms with Gasteiger partial charge in [-0.2, -0.15) is 0 Å². The Morgan fingerprint density at radius 3 is 2.37 bits per heavy atom. The zero-order chi connectivity index (χ0) is 14.5. The Kier molecular flexibility index (Phi) is 5.77. The van der Waals surface area contributed by atoms with E-state index < -0.39 is 5.54 Å². The van der Waals surface area contributed by atoms with Crippen molar-refractivity contribution in [2.24, 2.45) is 5.92 Å². The van der Waals surface area contributed by atoms with E-state index in [1.165, 1.54) is 7.11 Å². The second kappa shape index (κ2) is 6.68. The lowest BCUT2D eigenvalue weighted by Crippen LogP contribution is -2.56. The van der Waals surface area contributed by atoms with Crippen LogP contribution >= 0.6 is 0 Å². The number of ether oxygens (including phenoxy) is 3. The Morgan fingerprint density at radius 1 is 1.32 bits per heavy atom. The number of esters is 1. The fraction of sp³-hybridized carbons (Fsp3) is 0.929. The molecule has 5 heteroatoms. The van der Waals surface area contributed by atoms with Crippen molar-refractivity contribution >= 4 is 5.97 Å². The molecule has 1 rings (SSSR count). The molecule has 0 saturated heterocycles. The first-order chi connectivity index (χ1) is 8.91. The minimum absolute atomic E-state index is 0.201. The maximum absolute atomic E-state index is 12.0. The molecule has 0 spiro atoms. The van der Waals surface area contributed by atoms with Gasteiger partial charge in [-0.1, -0.05) is 0 Å². The summed E-state index contributed by atoms with van der Waals surface area (Å²) in [6, 6.07) is 0. The molecule has 1 atom stereocenters. The normalized spacial score (nSPS) is 19.0. The molecule has 5 nitrogen and oxygen atoms in total. The summed E-state index contributed by atoms with van der Waals surface area (Å²) in [5.41, 5.74) is -0.890. The molecule has 1 N–H and O–H groups in total. The number of hydrogen-bond acceptors (Lipinski definition) is 5. The molecule has 0 radical (unpaired) electrons. The summed E-state index contributed by atoms with van der Waals surface area (Å²) in [5.74, 6) is 0.0869. The first kappa shape index (κ1) is 16.4. The van der Waals surface area contributed by atoms with Crippen LogP contribution < -0.4 is 5.32 Å². The Labute approximate surface area is 116 Å².